The van der Waals surface area contributed by atoms with Gasteiger partial charge in [-0.2, -0.15) is 0 Å². The molecule has 0 aliphatic heterocycles. The lowest BCUT2D eigenvalue weighted by Gasteiger charge is -2.24. The van der Waals surface area contributed by atoms with Gasteiger partial charge in [-0.15, -0.1) is 0 Å². The molecule has 152 valence electrons. The molecule has 30 heavy (non-hydrogen) atoms. The summed E-state index contributed by atoms with van der Waals surface area (Å²) in [4.78, 5) is 24.1. The van der Waals surface area contributed by atoms with E-state index in [-0.39, 0.29) is 24.2 Å². The zero-order chi connectivity index (χ0) is 21.3. The third kappa shape index (κ3) is 3.86. The highest BCUT2D eigenvalue weighted by atomic mass is 19.2. The van der Waals surface area contributed by atoms with Gasteiger partial charge in [0.2, 0.25) is 5.56 Å². The molecule has 9 heteroatoms. The molecule has 2 aromatic heterocycles. The summed E-state index contributed by atoms with van der Waals surface area (Å²) in [6.45, 7) is -0.0101. The van der Waals surface area contributed by atoms with E-state index in [0.29, 0.717) is 16.8 Å². The third-order valence-corrected chi connectivity index (χ3v) is 4.61. The predicted octanol–water partition coefficient (Wildman–Crippen LogP) is 4.08. The van der Waals surface area contributed by atoms with Gasteiger partial charge in [-0.25, -0.2) is 22.5 Å². The second kappa shape index (κ2) is 7.94. The summed E-state index contributed by atoms with van der Waals surface area (Å²) < 4.78 is 55.3. The zero-order valence-corrected chi connectivity index (χ0v) is 15.4. The fourth-order valence-electron chi connectivity index (χ4n) is 3.20. The number of pyridine rings is 1. The van der Waals surface area contributed by atoms with Crippen molar-refractivity contribution < 1.29 is 17.6 Å². The summed E-state index contributed by atoms with van der Waals surface area (Å²) in [5.74, 6) is -3.35. The smallest absolute Gasteiger partial charge is 0.248 e. The van der Waals surface area contributed by atoms with E-state index in [9.17, 15) is 22.4 Å². The van der Waals surface area contributed by atoms with Crippen molar-refractivity contribution in [2.75, 3.05) is 4.90 Å². The van der Waals surface area contributed by atoms with Crippen molar-refractivity contribution in [2.24, 2.45) is 0 Å². The maximum absolute atomic E-state index is 14.2. The van der Waals surface area contributed by atoms with Crippen LogP contribution in [0.4, 0.5) is 23.4 Å². The first-order chi connectivity index (χ1) is 14.4. The monoisotopic (exact) mass is 414 g/mol. The van der Waals surface area contributed by atoms with Crippen molar-refractivity contribution >= 4 is 16.7 Å². The molecule has 4 aromatic rings. The summed E-state index contributed by atoms with van der Waals surface area (Å²) in [5, 5.41) is 0.293. The molecule has 4 rings (SSSR count). The maximum atomic E-state index is 14.2. The van der Waals surface area contributed by atoms with Crippen LogP contribution in [0.3, 0.4) is 0 Å². The Hall–Kier alpha value is -3.75. The summed E-state index contributed by atoms with van der Waals surface area (Å²) in [6.07, 6.45) is 4.34. The van der Waals surface area contributed by atoms with Crippen LogP contribution in [-0.2, 0) is 13.1 Å². The Morgan fingerprint density at radius 1 is 0.900 bits per heavy atom. The lowest BCUT2D eigenvalue weighted by molar-refractivity contribution is 0.515. The lowest BCUT2D eigenvalue weighted by atomic mass is 10.1. The van der Waals surface area contributed by atoms with E-state index in [4.69, 9.17) is 0 Å². The maximum Gasteiger partial charge on any atom is 0.248 e. The molecule has 5 nitrogen and oxygen atoms in total. The molecular formula is C21H14F4N4O. The number of hydrogen-bond acceptors (Lipinski definition) is 4. The number of hydrogen-bond donors (Lipinski definition) is 1. The lowest BCUT2D eigenvalue weighted by Crippen LogP contribution is -2.25. The van der Waals surface area contributed by atoms with Crippen LogP contribution in [0.1, 0.15) is 11.1 Å². The van der Waals surface area contributed by atoms with Crippen molar-refractivity contribution in [3.05, 3.63) is 99.7 Å². The molecule has 0 aliphatic carbocycles. The molecule has 0 saturated heterocycles. The van der Waals surface area contributed by atoms with Gasteiger partial charge in [0.25, 0.3) is 0 Å². The van der Waals surface area contributed by atoms with E-state index in [1.54, 1.807) is 4.90 Å². The van der Waals surface area contributed by atoms with E-state index in [2.05, 4.69) is 15.0 Å². The topological polar surface area (TPSA) is 61.9 Å². The second-order valence-electron chi connectivity index (χ2n) is 6.60. The van der Waals surface area contributed by atoms with Gasteiger partial charge in [-0.05, 0) is 23.8 Å². The van der Waals surface area contributed by atoms with Crippen LogP contribution < -0.4 is 10.5 Å². The highest BCUT2D eigenvalue weighted by Gasteiger charge is 2.17. The minimum Gasteiger partial charge on any atom is -0.347 e. The van der Waals surface area contributed by atoms with E-state index < -0.39 is 28.8 Å². The number of H-pyrrole nitrogens is 1. The molecule has 2 heterocycles. The average Bonchev–Trinajstić information content (AvgIpc) is 2.73. The summed E-state index contributed by atoms with van der Waals surface area (Å²) in [7, 11) is 0. The fourth-order valence-corrected chi connectivity index (χ4v) is 3.20. The van der Waals surface area contributed by atoms with Crippen LogP contribution in [0.25, 0.3) is 10.9 Å². The molecule has 0 fully saturated rings. The standard InChI is InChI=1S/C21H14F4N4O/c22-14-2-1-12(17(24)8-14)10-29(18-9-26-5-6-27-18)11-13-7-19(30)28-21-15(13)3-4-16(23)20(21)25/h1-9H,10-11H2,(H,28,30). The van der Waals surface area contributed by atoms with E-state index in [1.165, 1.54) is 36.8 Å². The number of fused-ring (bicyclic) bond motifs is 1. The number of anilines is 1. The molecule has 2 aromatic carbocycles. The number of aromatic nitrogens is 3. The van der Waals surface area contributed by atoms with Gasteiger partial charge in [-0.1, -0.05) is 6.07 Å². The van der Waals surface area contributed by atoms with Crippen molar-refractivity contribution in [1.29, 1.82) is 0 Å². The normalized spacial score (nSPS) is 11.1. The largest absolute Gasteiger partial charge is 0.347 e. The molecule has 0 aliphatic rings. The van der Waals surface area contributed by atoms with Gasteiger partial charge in [0, 0.05) is 48.6 Å². The fraction of sp³-hybridized carbons (Fsp3) is 0.0952. The van der Waals surface area contributed by atoms with Crippen LogP contribution in [0.5, 0.6) is 0 Å². The molecule has 0 saturated carbocycles. The molecule has 0 bridgehead atoms. The Morgan fingerprint density at radius 2 is 1.70 bits per heavy atom. The third-order valence-electron chi connectivity index (χ3n) is 4.61. The first kappa shape index (κ1) is 19.6. The highest BCUT2D eigenvalue weighted by molar-refractivity contribution is 5.82. The van der Waals surface area contributed by atoms with Crippen molar-refractivity contribution in [1.82, 2.24) is 15.0 Å². The van der Waals surface area contributed by atoms with Crippen LogP contribution in [-0.4, -0.2) is 15.0 Å². The minimum atomic E-state index is -1.16. The molecule has 0 unspecified atom stereocenters. The molecule has 0 radical (unpaired) electrons. The number of halogens is 4. The van der Waals surface area contributed by atoms with Crippen LogP contribution in [0.2, 0.25) is 0 Å². The molecule has 1 N–H and O–H groups in total. The van der Waals surface area contributed by atoms with Gasteiger partial charge in [0.05, 0.1) is 11.7 Å². The predicted molar refractivity (Wildman–Crippen MR) is 103 cm³/mol. The summed E-state index contributed by atoms with van der Waals surface area (Å²) >= 11 is 0. The molecule has 0 spiro atoms. The van der Waals surface area contributed by atoms with E-state index in [1.807, 2.05) is 0 Å². The van der Waals surface area contributed by atoms with Gasteiger partial charge in [0.15, 0.2) is 11.6 Å². The number of aromatic amines is 1. The van der Waals surface area contributed by atoms with E-state index >= 15 is 0 Å². The van der Waals surface area contributed by atoms with Gasteiger partial charge in [-0.3, -0.25) is 9.78 Å². The van der Waals surface area contributed by atoms with Crippen molar-refractivity contribution in [2.45, 2.75) is 13.1 Å². The van der Waals surface area contributed by atoms with Gasteiger partial charge < -0.3 is 9.88 Å². The number of nitrogens with zero attached hydrogens (tertiary/aromatic N) is 3. The quantitative estimate of drug-likeness (QED) is 0.500. The first-order valence-electron chi connectivity index (χ1n) is 8.87. The van der Waals surface area contributed by atoms with Crippen molar-refractivity contribution in [3.8, 4) is 0 Å². The number of benzene rings is 2. The van der Waals surface area contributed by atoms with E-state index in [0.717, 1.165) is 18.2 Å². The summed E-state index contributed by atoms with van der Waals surface area (Å²) in [6, 6.07) is 6.78. The first-order valence-corrected chi connectivity index (χ1v) is 8.87. The number of nitrogens with one attached hydrogen (secondary N) is 1. The molecular weight excluding hydrogens is 400 g/mol. The van der Waals surface area contributed by atoms with Gasteiger partial charge in [0.1, 0.15) is 17.5 Å². The molecule has 0 atom stereocenters. The Kier molecular flexibility index (Phi) is 5.18. The Labute approximate surface area is 167 Å². The van der Waals surface area contributed by atoms with Crippen molar-refractivity contribution in [3.63, 3.8) is 0 Å². The summed E-state index contributed by atoms with van der Waals surface area (Å²) in [5.41, 5.74) is -0.312. The highest BCUT2D eigenvalue weighted by Crippen LogP contribution is 2.24. The Morgan fingerprint density at radius 3 is 2.43 bits per heavy atom. The molecule has 0 amide bonds. The van der Waals surface area contributed by atoms with Crippen LogP contribution >= 0.6 is 0 Å². The second-order valence-corrected chi connectivity index (χ2v) is 6.60. The SMILES string of the molecule is O=c1cc(CN(Cc2ccc(F)cc2F)c2cnccn2)c2ccc(F)c(F)c2[nH]1. The minimum absolute atomic E-state index is 0.0149. The average molecular weight is 414 g/mol. The Bertz CT molecular complexity index is 1280. The zero-order valence-electron chi connectivity index (χ0n) is 15.4. The number of rotatable bonds is 5. The van der Waals surface area contributed by atoms with Gasteiger partial charge >= 0.3 is 0 Å². The van der Waals surface area contributed by atoms with Crippen LogP contribution in [0.15, 0.2) is 59.8 Å². The van der Waals surface area contributed by atoms with Crippen LogP contribution in [0, 0.1) is 23.3 Å². The Balaban J connectivity index is 1.79.